The Balaban J connectivity index is 1.55. The van der Waals surface area contributed by atoms with Crippen molar-refractivity contribution >= 4 is 10.9 Å². The molecule has 1 aromatic carbocycles. The van der Waals surface area contributed by atoms with Crippen LogP contribution in [0.4, 0.5) is 0 Å². The van der Waals surface area contributed by atoms with Crippen molar-refractivity contribution in [2.24, 2.45) is 0 Å². The van der Waals surface area contributed by atoms with Gasteiger partial charge < -0.3 is 4.98 Å². The van der Waals surface area contributed by atoms with Crippen LogP contribution in [0.3, 0.4) is 0 Å². The Bertz CT molecular complexity index is 840. The number of para-hydroxylation sites is 1. The predicted molar refractivity (Wildman–Crippen MR) is 96.8 cm³/mol. The molecule has 124 valence electrons. The molecule has 0 saturated heterocycles. The molecule has 0 fully saturated rings. The average molecular weight is 320 g/mol. The summed E-state index contributed by atoms with van der Waals surface area (Å²) in [4.78, 5) is 15.4. The van der Waals surface area contributed by atoms with Crippen molar-refractivity contribution in [3.05, 3.63) is 59.3 Å². The molecule has 1 N–H and O–H groups in total. The molecule has 1 aliphatic rings. The Kier molecular flexibility index (Phi) is 3.65. The van der Waals surface area contributed by atoms with E-state index in [1.54, 1.807) is 0 Å². The van der Waals surface area contributed by atoms with Gasteiger partial charge >= 0.3 is 0 Å². The van der Waals surface area contributed by atoms with Crippen molar-refractivity contribution in [3.8, 4) is 0 Å². The Morgan fingerprint density at radius 2 is 2.04 bits per heavy atom. The van der Waals surface area contributed by atoms with Gasteiger partial charge in [0.15, 0.2) is 0 Å². The summed E-state index contributed by atoms with van der Waals surface area (Å²) in [5.41, 5.74) is 4.97. The predicted octanol–water partition coefficient (Wildman–Crippen LogP) is 3.81. The van der Waals surface area contributed by atoms with Crippen molar-refractivity contribution in [1.82, 2.24) is 19.9 Å². The highest BCUT2D eigenvalue weighted by atomic mass is 15.1. The Morgan fingerprint density at radius 1 is 1.21 bits per heavy atom. The van der Waals surface area contributed by atoms with Crippen LogP contribution in [0.25, 0.3) is 10.9 Å². The van der Waals surface area contributed by atoms with Gasteiger partial charge in [0.05, 0.1) is 5.69 Å². The van der Waals surface area contributed by atoms with Crippen molar-refractivity contribution in [3.63, 3.8) is 0 Å². The molecular formula is C20H24N4. The molecule has 4 heteroatoms. The minimum atomic E-state index is -0.00547. The second-order valence-corrected chi connectivity index (χ2v) is 7.76. The third-order valence-corrected chi connectivity index (χ3v) is 4.68. The van der Waals surface area contributed by atoms with Crippen LogP contribution < -0.4 is 0 Å². The molecule has 0 saturated carbocycles. The molecule has 0 aliphatic carbocycles. The first-order valence-corrected chi connectivity index (χ1v) is 8.63. The van der Waals surface area contributed by atoms with E-state index in [-0.39, 0.29) is 5.41 Å². The van der Waals surface area contributed by atoms with E-state index < -0.39 is 0 Å². The molecule has 3 aromatic rings. The Hall–Kier alpha value is -2.20. The zero-order valence-electron chi connectivity index (χ0n) is 14.6. The van der Waals surface area contributed by atoms with Gasteiger partial charge in [-0.25, -0.2) is 9.97 Å². The minimum Gasteiger partial charge on any atom is -0.357 e. The van der Waals surface area contributed by atoms with Crippen LogP contribution in [0.15, 0.2) is 36.5 Å². The summed E-state index contributed by atoms with van der Waals surface area (Å²) in [6.07, 6.45) is 3.06. The highest BCUT2D eigenvalue weighted by Crippen LogP contribution is 2.24. The van der Waals surface area contributed by atoms with Gasteiger partial charge in [0.1, 0.15) is 5.82 Å². The fourth-order valence-corrected chi connectivity index (χ4v) is 3.31. The van der Waals surface area contributed by atoms with Crippen LogP contribution in [0.5, 0.6) is 0 Å². The first-order chi connectivity index (χ1) is 11.5. The summed E-state index contributed by atoms with van der Waals surface area (Å²) in [6, 6.07) is 10.7. The maximum absolute atomic E-state index is 4.86. The minimum absolute atomic E-state index is 0.00547. The molecule has 4 rings (SSSR count). The summed E-state index contributed by atoms with van der Waals surface area (Å²) < 4.78 is 0. The number of benzene rings is 1. The summed E-state index contributed by atoms with van der Waals surface area (Å²) in [7, 11) is 0. The van der Waals surface area contributed by atoms with Gasteiger partial charge in [-0.3, -0.25) is 4.90 Å². The van der Waals surface area contributed by atoms with Crippen molar-refractivity contribution in [2.75, 3.05) is 6.54 Å². The number of nitrogens with one attached hydrogen (secondary N) is 1. The number of nitrogens with zero attached hydrogens (tertiary/aromatic N) is 3. The second-order valence-electron chi connectivity index (χ2n) is 7.76. The van der Waals surface area contributed by atoms with Gasteiger partial charge in [-0.2, -0.15) is 0 Å². The highest BCUT2D eigenvalue weighted by Gasteiger charge is 2.23. The molecule has 0 unspecified atom stereocenters. The van der Waals surface area contributed by atoms with E-state index >= 15 is 0 Å². The lowest BCUT2D eigenvalue weighted by Crippen LogP contribution is -2.32. The number of aromatic nitrogens is 3. The van der Waals surface area contributed by atoms with Crippen LogP contribution in [0, 0.1) is 0 Å². The molecule has 0 spiro atoms. The molecule has 0 radical (unpaired) electrons. The standard InChI is InChI=1S/C20H24N4/c1-20(2,3)19-21-11-15-8-9-24(13-18(15)23-19)12-16-10-14-6-4-5-7-17(14)22-16/h4-7,10-11,22H,8-9,12-13H2,1-3H3. The number of hydrogen-bond donors (Lipinski definition) is 1. The van der Waals surface area contributed by atoms with Crippen molar-refractivity contribution in [2.45, 2.75) is 45.7 Å². The number of H-pyrrole nitrogens is 1. The maximum atomic E-state index is 4.86. The quantitative estimate of drug-likeness (QED) is 0.781. The fraction of sp³-hybridized carbons (Fsp3) is 0.400. The number of hydrogen-bond acceptors (Lipinski definition) is 3. The topological polar surface area (TPSA) is 44.8 Å². The molecule has 3 heterocycles. The lowest BCUT2D eigenvalue weighted by molar-refractivity contribution is 0.238. The maximum Gasteiger partial charge on any atom is 0.133 e. The normalized spacial score (nSPS) is 15.6. The summed E-state index contributed by atoms with van der Waals surface area (Å²) in [5, 5.41) is 1.28. The fourth-order valence-electron chi connectivity index (χ4n) is 3.31. The molecule has 0 amide bonds. The molecule has 0 atom stereocenters. The largest absolute Gasteiger partial charge is 0.357 e. The average Bonchev–Trinajstić information content (AvgIpc) is 2.95. The van der Waals surface area contributed by atoms with Crippen LogP contribution in [0.1, 0.15) is 43.5 Å². The van der Waals surface area contributed by atoms with E-state index in [1.807, 2.05) is 6.20 Å². The zero-order valence-corrected chi connectivity index (χ0v) is 14.6. The van der Waals surface area contributed by atoms with Crippen LogP contribution in [-0.4, -0.2) is 26.4 Å². The molecule has 4 nitrogen and oxygen atoms in total. The van der Waals surface area contributed by atoms with Gasteiger partial charge in [0.25, 0.3) is 0 Å². The molecule has 2 aromatic heterocycles. The van der Waals surface area contributed by atoms with E-state index in [0.29, 0.717) is 0 Å². The third-order valence-electron chi connectivity index (χ3n) is 4.68. The molecular weight excluding hydrogens is 296 g/mol. The lowest BCUT2D eigenvalue weighted by atomic mass is 9.95. The summed E-state index contributed by atoms with van der Waals surface area (Å²) in [6.45, 7) is 9.39. The number of aromatic amines is 1. The summed E-state index contributed by atoms with van der Waals surface area (Å²) >= 11 is 0. The Morgan fingerprint density at radius 3 is 2.83 bits per heavy atom. The first-order valence-electron chi connectivity index (χ1n) is 8.63. The third kappa shape index (κ3) is 2.94. The van der Waals surface area contributed by atoms with Gasteiger partial charge in [-0.05, 0) is 29.5 Å². The monoisotopic (exact) mass is 320 g/mol. The number of rotatable bonds is 2. The van der Waals surface area contributed by atoms with Gasteiger partial charge in [0.2, 0.25) is 0 Å². The van der Waals surface area contributed by atoms with E-state index in [2.05, 4.69) is 66.0 Å². The van der Waals surface area contributed by atoms with E-state index in [4.69, 9.17) is 4.98 Å². The highest BCUT2D eigenvalue weighted by molar-refractivity contribution is 5.80. The van der Waals surface area contributed by atoms with Crippen molar-refractivity contribution < 1.29 is 0 Å². The SMILES string of the molecule is CC(C)(C)c1ncc2c(n1)CN(Cc1cc3ccccc3[nH]1)CC2. The number of fused-ring (bicyclic) bond motifs is 2. The molecule has 24 heavy (non-hydrogen) atoms. The lowest BCUT2D eigenvalue weighted by Gasteiger charge is -2.28. The van der Waals surface area contributed by atoms with Gasteiger partial charge in [0, 0.05) is 42.5 Å². The van der Waals surface area contributed by atoms with Crippen LogP contribution in [-0.2, 0) is 24.9 Å². The van der Waals surface area contributed by atoms with Crippen molar-refractivity contribution in [1.29, 1.82) is 0 Å². The smallest absolute Gasteiger partial charge is 0.133 e. The van der Waals surface area contributed by atoms with E-state index in [0.717, 1.165) is 31.9 Å². The summed E-state index contributed by atoms with van der Waals surface area (Å²) in [5.74, 6) is 0.939. The van der Waals surface area contributed by atoms with Gasteiger partial charge in [-0.15, -0.1) is 0 Å². The molecule has 1 aliphatic heterocycles. The van der Waals surface area contributed by atoms with E-state index in [1.165, 1.54) is 27.9 Å². The van der Waals surface area contributed by atoms with Crippen LogP contribution >= 0.6 is 0 Å². The Labute approximate surface area is 142 Å². The van der Waals surface area contributed by atoms with Crippen LogP contribution in [0.2, 0.25) is 0 Å². The molecule has 0 bridgehead atoms. The first kappa shape index (κ1) is 15.3. The second kappa shape index (κ2) is 5.71. The van der Waals surface area contributed by atoms with E-state index in [9.17, 15) is 0 Å². The zero-order chi connectivity index (χ0) is 16.7. The van der Waals surface area contributed by atoms with Gasteiger partial charge in [-0.1, -0.05) is 39.0 Å².